The van der Waals surface area contributed by atoms with Crippen LogP contribution in [0, 0.1) is 5.92 Å². The Morgan fingerprint density at radius 1 is 1.38 bits per heavy atom. The van der Waals surface area contributed by atoms with E-state index in [4.69, 9.17) is 23.2 Å². The van der Waals surface area contributed by atoms with Crippen LogP contribution in [0.5, 0.6) is 0 Å². The normalized spacial score (nSPS) is 21.9. The highest BCUT2D eigenvalue weighted by molar-refractivity contribution is 8.00. The summed E-state index contributed by atoms with van der Waals surface area (Å²) in [5, 5.41) is 9.59. The van der Waals surface area contributed by atoms with Gasteiger partial charge in [-0.25, -0.2) is 4.79 Å². The second-order valence-corrected chi connectivity index (χ2v) is 7.07. The van der Waals surface area contributed by atoms with E-state index in [1.165, 1.54) is 16.7 Å². The van der Waals surface area contributed by atoms with Gasteiger partial charge in [-0.15, -0.1) is 11.8 Å². The molecule has 1 heterocycles. The lowest BCUT2D eigenvalue weighted by Crippen LogP contribution is -2.47. The summed E-state index contributed by atoms with van der Waals surface area (Å²) in [5.41, 5.74) is 0.239. The number of nitrogens with zero attached hydrogens (tertiary/aromatic N) is 1. The van der Waals surface area contributed by atoms with Gasteiger partial charge < -0.3 is 10.0 Å². The summed E-state index contributed by atoms with van der Waals surface area (Å²) in [4.78, 5) is 25.6. The largest absolute Gasteiger partial charge is 0.480 e. The third-order valence-corrected chi connectivity index (χ3v) is 5.75. The van der Waals surface area contributed by atoms with Gasteiger partial charge in [-0.3, -0.25) is 4.79 Å². The highest BCUT2D eigenvalue weighted by atomic mass is 35.5. The highest BCUT2D eigenvalue weighted by Crippen LogP contribution is 2.37. The molecular weight excluding hydrogens is 333 g/mol. The molecule has 0 saturated carbocycles. The fourth-order valence-electron chi connectivity index (χ4n) is 2.30. The summed E-state index contributed by atoms with van der Waals surface area (Å²) >= 11 is 13.5. The second kappa shape index (κ2) is 6.46. The van der Waals surface area contributed by atoms with E-state index in [0.717, 1.165) is 0 Å². The van der Waals surface area contributed by atoms with Crippen molar-refractivity contribution in [1.82, 2.24) is 4.90 Å². The lowest BCUT2D eigenvalue weighted by Gasteiger charge is -2.30. The van der Waals surface area contributed by atoms with Crippen molar-refractivity contribution in [2.75, 3.05) is 5.75 Å². The quantitative estimate of drug-likeness (QED) is 0.907. The van der Waals surface area contributed by atoms with Crippen LogP contribution in [0.2, 0.25) is 10.0 Å². The number of halogens is 2. The van der Waals surface area contributed by atoms with Gasteiger partial charge >= 0.3 is 5.97 Å². The van der Waals surface area contributed by atoms with Gasteiger partial charge in [0.25, 0.3) is 5.91 Å². The molecule has 1 aliphatic rings. The third-order valence-electron chi connectivity index (χ3n) is 3.31. The Kier molecular flexibility index (Phi) is 5.07. The third kappa shape index (κ3) is 3.15. The minimum Gasteiger partial charge on any atom is -0.480 e. The van der Waals surface area contributed by atoms with Crippen LogP contribution in [0.25, 0.3) is 0 Å². The maximum absolute atomic E-state index is 12.8. The molecule has 1 amide bonds. The van der Waals surface area contributed by atoms with Crippen LogP contribution < -0.4 is 0 Å². The first-order chi connectivity index (χ1) is 9.84. The van der Waals surface area contributed by atoms with Crippen LogP contribution in [0.4, 0.5) is 0 Å². The zero-order valence-corrected chi connectivity index (χ0v) is 13.9. The zero-order chi connectivity index (χ0) is 15.7. The van der Waals surface area contributed by atoms with E-state index in [2.05, 4.69) is 0 Å². The molecule has 0 radical (unpaired) electrons. The molecule has 2 atom stereocenters. The van der Waals surface area contributed by atoms with Crippen LogP contribution in [0.15, 0.2) is 18.2 Å². The van der Waals surface area contributed by atoms with E-state index >= 15 is 0 Å². The lowest BCUT2D eigenvalue weighted by molar-refractivity contribution is -0.141. The lowest BCUT2D eigenvalue weighted by atomic mass is 10.1. The van der Waals surface area contributed by atoms with Crippen LogP contribution in [-0.2, 0) is 4.79 Å². The fourth-order valence-corrected chi connectivity index (χ4v) is 4.15. The van der Waals surface area contributed by atoms with Crippen LogP contribution in [0.3, 0.4) is 0 Å². The molecule has 1 N–H and O–H groups in total. The molecular formula is C14H15Cl2NO3S. The Morgan fingerprint density at radius 2 is 2.05 bits per heavy atom. The second-order valence-electron chi connectivity index (χ2n) is 5.14. The average Bonchev–Trinajstić information content (AvgIpc) is 2.86. The molecule has 4 nitrogen and oxygen atoms in total. The number of benzene rings is 1. The fraction of sp³-hybridized carbons (Fsp3) is 0.429. The summed E-state index contributed by atoms with van der Waals surface area (Å²) in [6, 6.07) is 3.94. The summed E-state index contributed by atoms with van der Waals surface area (Å²) in [7, 11) is 0. The Bertz CT molecular complexity index is 579. The van der Waals surface area contributed by atoms with Crippen molar-refractivity contribution < 1.29 is 14.7 Å². The van der Waals surface area contributed by atoms with Crippen molar-refractivity contribution in [2.45, 2.75) is 25.3 Å². The minimum absolute atomic E-state index is 0.140. The smallest absolute Gasteiger partial charge is 0.327 e. The Morgan fingerprint density at radius 3 is 2.62 bits per heavy atom. The number of hydrogen-bond donors (Lipinski definition) is 1. The first kappa shape index (κ1) is 16.5. The van der Waals surface area contributed by atoms with Gasteiger partial charge in [-0.1, -0.05) is 43.1 Å². The number of thioether (sulfide) groups is 1. The van der Waals surface area contributed by atoms with E-state index in [1.807, 2.05) is 13.8 Å². The first-order valence-electron chi connectivity index (χ1n) is 6.45. The van der Waals surface area contributed by atoms with Gasteiger partial charge in [0.05, 0.1) is 21.0 Å². The molecule has 0 aliphatic carbocycles. The standard InChI is InChI=1S/C14H15Cl2NO3S/c1-7(2)13-17(10(6-21-13)14(19)20)12(18)8-4-3-5-9(15)11(8)16/h3-5,7,10,13H,6H2,1-2H3,(H,19,20). The SMILES string of the molecule is CC(C)C1SCC(C(=O)O)N1C(=O)c1cccc(Cl)c1Cl. The number of rotatable bonds is 3. The van der Waals surface area contributed by atoms with Crippen molar-refractivity contribution in [3.63, 3.8) is 0 Å². The molecule has 1 fully saturated rings. The van der Waals surface area contributed by atoms with Crippen molar-refractivity contribution in [1.29, 1.82) is 0 Å². The van der Waals surface area contributed by atoms with Gasteiger partial charge in [-0.05, 0) is 18.1 Å². The summed E-state index contributed by atoms with van der Waals surface area (Å²) < 4.78 is 0. The first-order valence-corrected chi connectivity index (χ1v) is 8.26. The summed E-state index contributed by atoms with van der Waals surface area (Å²) in [6.07, 6.45) is 0. The maximum Gasteiger partial charge on any atom is 0.327 e. The van der Waals surface area contributed by atoms with E-state index in [-0.39, 0.29) is 26.9 Å². The van der Waals surface area contributed by atoms with Crippen molar-refractivity contribution >= 4 is 46.8 Å². The van der Waals surface area contributed by atoms with Crippen molar-refractivity contribution in [3.8, 4) is 0 Å². The minimum atomic E-state index is -1.00. The van der Waals surface area contributed by atoms with E-state index in [0.29, 0.717) is 5.75 Å². The average molecular weight is 348 g/mol. The molecule has 114 valence electrons. The molecule has 2 rings (SSSR count). The van der Waals surface area contributed by atoms with E-state index < -0.39 is 17.9 Å². The van der Waals surface area contributed by atoms with Crippen molar-refractivity contribution in [3.05, 3.63) is 33.8 Å². The molecule has 1 aromatic carbocycles. The number of aliphatic carboxylic acids is 1. The van der Waals surface area contributed by atoms with Gasteiger partial charge in [0.1, 0.15) is 6.04 Å². The zero-order valence-electron chi connectivity index (χ0n) is 11.5. The molecule has 1 aliphatic heterocycles. The molecule has 2 unspecified atom stereocenters. The topological polar surface area (TPSA) is 57.6 Å². The number of hydrogen-bond acceptors (Lipinski definition) is 3. The molecule has 1 saturated heterocycles. The van der Waals surface area contributed by atoms with Gasteiger partial charge in [-0.2, -0.15) is 0 Å². The van der Waals surface area contributed by atoms with Crippen LogP contribution in [0.1, 0.15) is 24.2 Å². The van der Waals surface area contributed by atoms with Crippen LogP contribution >= 0.6 is 35.0 Å². The Hall–Kier alpha value is -0.910. The van der Waals surface area contributed by atoms with Crippen LogP contribution in [-0.4, -0.2) is 39.1 Å². The number of carbonyl (C=O) groups is 2. The van der Waals surface area contributed by atoms with Gasteiger partial charge in [0, 0.05) is 5.75 Å². The molecule has 0 bridgehead atoms. The molecule has 0 spiro atoms. The Labute approximate surface area is 137 Å². The van der Waals surface area contributed by atoms with E-state index in [9.17, 15) is 14.7 Å². The molecule has 0 aromatic heterocycles. The van der Waals surface area contributed by atoms with Gasteiger partial charge in [0.2, 0.25) is 0 Å². The van der Waals surface area contributed by atoms with Crippen molar-refractivity contribution in [2.24, 2.45) is 5.92 Å². The monoisotopic (exact) mass is 347 g/mol. The van der Waals surface area contributed by atoms with Gasteiger partial charge in [0.15, 0.2) is 0 Å². The number of carbonyl (C=O) groups excluding carboxylic acids is 1. The predicted octanol–water partition coefficient (Wildman–Crippen LogP) is 3.62. The molecule has 7 heteroatoms. The number of amides is 1. The predicted molar refractivity (Wildman–Crippen MR) is 85.1 cm³/mol. The molecule has 21 heavy (non-hydrogen) atoms. The summed E-state index contributed by atoms with van der Waals surface area (Å²) in [5.74, 6) is -0.876. The summed E-state index contributed by atoms with van der Waals surface area (Å²) in [6.45, 7) is 3.92. The Balaban J connectivity index is 2.42. The van der Waals surface area contributed by atoms with E-state index in [1.54, 1.807) is 18.2 Å². The molecule has 1 aromatic rings. The maximum atomic E-state index is 12.8. The number of carboxylic acid groups (broad SMARTS) is 1. The number of carboxylic acids is 1. The highest BCUT2D eigenvalue weighted by Gasteiger charge is 2.43.